The third-order valence-electron chi connectivity index (χ3n) is 3.04. The first-order valence-electron chi connectivity index (χ1n) is 5.81. The number of nitro benzene ring substituents is 1. The first-order valence-corrected chi connectivity index (χ1v) is 10.1. The van der Waals surface area contributed by atoms with Crippen molar-refractivity contribution in [3.63, 3.8) is 0 Å². The predicted molar refractivity (Wildman–Crippen MR) is 80.0 cm³/mol. The van der Waals surface area contributed by atoms with Crippen LogP contribution < -0.4 is 0 Å². The van der Waals surface area contributed by atoms with Crippen LogP contribution in [0.15, 0.2) is 39.0 Å². The molecular weight excluding hydrogens is 406 g/mol. The normalized spacial score (nSPS) is 13.1. The summed E-state index contributed by atoms with van der Waals surface area (Å²) in [5.41, 5.74) is -1.34. The van der Waals surface area contributed by atoms with Gasteiger partial charge < -0.3 is 0 Å². The monoisotopic (exact) mass is 413 g/mol. The van der Waals surface area contributed by atoms with Gasteiger partial charge in [0.25, 0.3) is 25.9 Å². The Bertz CT molecular complexity index is 1230. The molecule has 12 nitrogen and oxygen atoms in total. The van der Waals surface area contributed by atoms with Crippen molar-refractivity contribution in [3.05, 3.63) is 34.4 Å². The van der Waals surface area contributed by atoms with E-state index >= 15 is 0 Å². The molecule has 0 aliphatic rings. The Balaban J connectivity index is 3.25. The lowest BCUT2D eigenvalue weighted by atomic mass is 10.1. The molecule has 2 aromatic carbocycles. The molecule has 0 saturated carbocycles. The maximum Gasteiger partial charge on any atom is 0.301 e. The largest absolute Gasteiger partial charge is 0.301 e. The van der Waals surface area contributed by atoms with Crippen molar-refractivity contribution in [3.8, 4) is 0 Å². The van der Waals surface area contributed by atoms with E-state index < -0.39 is 66.4 Å². The Labute approximate surface area is 140 Å². The zero-order chi connectivity index (χ0) is 19.4. The van der Waals surface area contributed by atoms with E-state index in [4.69, 9.17) is 9.11 Å². The quantitative estimate of drug-likeness (QED) is 0.357. The molecule has 25 heavy (non-hydrogen) atoms. The fourth-order valence-electron chi connectivity index (χ4n) is 2.10. The van der Waals surface area contributed by atoms with Crippen molar-refractivity contribution in [2.24, 2.45) is 0 Å². The molecule has 0 radical (unpaired) electrons. The van der Waals surface area contributed by atoms with Gasteiger partial charge in [-0.1, -0.05) is 6.07 Å². The highest BCUT2D eigenvalue weighted by Crippen LogP contribution is 2.37. The second kappa shape index (κ2) is 5.68. The summed E-state index contributed by atoms with van der Waals surface area (Å²) >= 11 is 0. The van der Waals surface area contributed by atoms with Crippen molar-refractivity contribution in [1.29, 1.82) is 0 Å². The van der Waals surface area contributed by atoms with Crippen LogP contribution in [0.25, 0.3) is 10.8 Å². The molecule has 0 amide bonds. The van der Waals surface area contributed by atoms with Gasteiger partial charge in [0.05, 0.1) is 15.2 Å². The predicted octanol–water partition coefficient (Wildman–Crippen LogP) is 0.488. The minimum absolute atomic E-state index is 0.337. The zero-order valence-corrected chi connectivity index (χ0v) is 14.0. The fraction of sp³-hybridized carbons (Fsp3) is 0. The summed E-state index contributed by atoms with van der Waals surface area (Å²) in [6.45, 7) is 0. The molecule has 15 heteroatoms. The van der Waals surface area contributed by atoms with E-state index in [1.807, 2.05) is 0 Å². The minimum atomic E-state index is -5.13. The lowest BCUT2D eigenvalue weighted by Crippen LogP contribution is -2.08. The van der Waals surface area contributed by atoms with Gasteiger partial charge >= 0.3 is 10.1 Å². The Kier molecular flexibility index (Phi) is 4.35. The highest BCUT2D eigenvalue weighted by Gasteiger charge is 2.30. The van der Waals surface area contributed by atoms with Crippen LogP contribution in [0, 0.1) is 10.1 Å². The molecule has 0 unspecified atom stereocenters. The number of hydrogen-bond acceptors (Lipinski definition) is 8. The fourth-order valence-corrected chi connectivity index (χ4v) is 4.11. The molecule has 0 aromatic heterocycles. The summed E-state index contributed by atoms with van der Waals surface area (Å²) in [6.07, 6.45) is 0. The molecule has 0 spiro atoms. The number of benzene rings is 2. The number of fused-ring (bicyclic) bond motifs is 1. The van der Waals surface area contributed by atoms with Crippen LogP contribution >= 0.6 is 0 Å². The molecule has 2 aromatic rings. The third kappa shape index (κ3) is 3.60. The number of nitro groups is 1. The summed E-state index contributed by atoms with van der Waals surface area (Å²) in [6, 6.07) is 2.00. The molecule has 3 N–H and O–H groups in total. The van der Waals surface area contributed by atoms with Crippen molar-refractivity contribution in [2.75, 3.05) is 0 Å². The van der Waals surface area contributed by atoms with E-state index in [2.05, 4.69) is 0 Å². The Morgan fingerprint density at radius 2 is 1.28 bits per heavy atom. The SMILES string of the molecule is O=[N+]([O-])c1c(S(=O)(=O)O)ccc2c(S(=O)(=O)O)cc(S(=O)(=O)O)cc12. The molecule has 0 saturated heterocycles. The van der Waals surface area contributed by atoms with Crippen LogP contribution in [-0.2, 0) is 30.4 Å². The molecule has 2 rings (SSSR count). The maximum atomic E-state index is 11.4. The molecular formula is C10H7NO11S3. The van der Waals surface area contributed by atoms with Crippen LogP contribution in [-0.4, -0.2) is 43.8 Å². The summed E-state index contributed by atoms with van der Waals surface area (Å²) in [7, 11) is -15.3. The van der Waals surface area contributed by atoms with E-state index in [1.54, 1.807) is 0 Å². The molecule has 0 fully saturated rings. The van der Waals surface area contributed by atoms with Crippen LogP contribution in [0.4, 0.5) is 5.69 Å². The van der Waals surface area contributed by atoms with Gasteiger partial charge in [-0.2, -0.15) is 25.3 Å². The van der Waals surface area contributed by atoms with Gasteiger partial charge in [-0.25, -0.2) is 0 Å². The lowest BCUT2D eigenvalue weighted by Gasteiger charge is -2.09. The summed E-state index contributed by atoms with van der Waals surface area (Å²) in [4.78, 5) is 6.40. The van der Waals surface area contributed by atoms with E-state index in [0.29, 0.717) is 24.3 Å². The lowest BCUT2D eigenvalue weighted by molar-refractivity contribution is -0.386. The van der Waals surface area contributed by atoms with Gasteiger partial charge in [-0.3, -0.25) is 23.8 Å². The third-order valence-corrected chi connectivity index (χ3v) is 5.65. The first kappa shape index (κ1) is 19.2. The number of hydrogen-bond donors (Lipinski definition) is 3. The van der Waals surface area contributed by atoms with E-state index in [9.17, 15) is 39.9 Å². The average molecular weight is 413 g/mol. The number of rotatable bonds is 4. The standard InChI is InChI=1S/C10H7NO11S3/c12-11(13)10-7-3-5(23(14,15)16)4-9(25(20,21)22)6(7)1-2-8(10)24(17,18)19/h1-4H,(H,14,15,16)(H,17,18,19)(H,20,21,22). The smallest absolute Gasteiger partial charge is 0.282 e. The van der Waals surface area contributed by atoms with Crippen molar-refractivity contribution in [1.82, 2.24) is 0 Å². The van der Waals surface area contributed by atoms with Gasteiger partial charge in [0.2, 0.25) is 0 Å². The van der Waals surface area contributed by atoms with Crippen molar-refractivity contribution < 1.29 is 43.8 Å². The summed E-state index contributed by atoms with van der Waals surface area (Å²) in [5, 5.41) is 9.75. The highest BCUT2D eigenvalue weighted by molar-refractivity contribution is 7.87. The van der Waals surface area contributed by atoms with Gasteiger partial charge in [-0.05, 0) is 18.2 Å². The second-order valence-corrected chi connectivity index (χ2v) is 8.81. The number of nitrogens with zero attached hydrogens (tertiary/aromatic N) is 1. The van der Waals surface area contributed by atoms with Crippen LogP contribution in [0.5, 0.6) is 0 Å². The highest BCUT2D eigenvalue weighted by atomic mass is 32.2. The van der Waals surface area contributed by atoms with E-state index in [0.717, 1.165) is 0 Å². The van der Waals surface area contributed by atoms with Crippen LogP contribution in [0.1, 0.15) is 0 Å². The van der Waals surface area contributed by atoms with Crippen molar-refractivity contribution in [2.45, 2.75) is 14.7 Å². The van der Waals surface area contributed by atoms with Gasteiger partial charge in [0.1, 0.15) is 4.90 Å². The first-order chi connectivity index (χ1) is 11.1. The maximum absolute atomic E-state index is 11.4. The molecule has 0 atom stereocenters. The zero-order valence-electron chi connectivity index (χ0n) is 11.6. The van der Waals surface area contributed by atoms with Crippen LogP contribution in [0.3, 0.4) is 0 Å². The Morgan fingerprint density at radius 3 is 1.68 bits per heavy atom. The molecule has 0 heterocycles. The van der Waals surface area contributed by atoms with Crippen molar-refractivity contribution >= 4 is 46.8 Å². The summed E-state index contributed by atoms with van der Waals surface area (Å²) in [5.74, 6) is 0. The average Bonchev–Trinajstić information content (AvgIpc) is 2.41. The summed E-state index contributed by atoms with van der Waals surface area (Å²) < 4.78 is 95.3. The molecule has 0 bridgehead atoms. The van der Waals surface area contributed by atoms with E-state index in [1.165, 1.54) is 0 Å². The minimum Gasteiger partial charge on any atom is -0.282 e. The topological polar surface area (TPSA) is 206 Å². The second-order valence-electron chi connectivity index (χ2n) is 4.61. The molecule has 136 valence electrons. The van der Waals surface area contributed by atoms with Gasteiger partial charge in [0, 0.05) is 5.39 Å². The van der Waals surface area contributed by atoms with E-state index in [-0.39, 0.29) is 0 Å². The van der Waals surface area contributed by atoms with Gasteiger partial charge in [-0.15, -0.1) is 0 Å². The molecule has 0 aliphatic heterocycles. The van der Waals surface area contributed by atoms with Gasteiger partial charge in [0.15, 0.2) is 4.90 Å². The van der Waals surface area contributed by atoms with Crippen LogP contribution in [0.2, 0.25) is 0 Å². The Morgan fingerprint density at radius 1 is 0.760 bits per heavy atom. The Hall–Kier alpha value is -2.17. The molecule has 0 aliphatic carbocycles.